The highest BCUT2D eigenvalue weighted by Gasteiger charge is 2.30. The highest BCUT2D eigenvalue weighted by atomic mass is 16.5. The van der Waals surface area contributed by atoms with Gasteiger partial charge in [0.15, 0.2) is 0 Å². The van der Waals surface area contributed by atoms with E-state index in [0.29, 0.717) is 0 Å². The van der Waals surface area contributed by atoms with Crippen LogP contribution in [0.3, 0.4) is 0 Å². The molecule has 0 saturated heterocycles. The zero-order valence-electron chi connectivity index (χ0n) is 11.0. The number of quaternary nitrogens is 1. The van der Waals surface area contributed by atoms with Gasteiger partial charge >= 0.3 is 0 Å². The lowest BCUT2D eigenvalue weighted by molar-refractivity contribution is -0.888. The van der Waals surface area contributed by atoms with Crippen LogP contribution in [0.5, 0.6) is 0 Å². The van der Waals surface area contributed by atoms with Crippen LogP contribution in [0.15, 0.2) is 23.4 Å². The van der Waals surface area contributed by atoms with Crippen LogP contribution in [-0.4, -0.2) is 51.6 Å². The van der Waals surface area contributed by atoms with Crippen LogP contribution in [0, 0.1) is 0 Å². The van der Waals surface area contributed by atoms with Crippen molar-refractivity contribution in [2.24, 2.45) is 0 Å². The van der Waals surface area contributed by atoms with Gasteiger partial charge in [-0.15, -0.1) is 0 Å². The number of nitrogens with zero attached hydrogens (tertiary/aromatic N) is 1. The molecule has 0 fully saturated rings. The van der Waals surface area contributed by atoms with E-state index in [4.69, 9.17) is 9.47 Å². The Morgan fingerprint density at radius 1 is 1.12 bits per heavy atom. The molecule has 0 amide bonds. The summed E-state index contributed by atoms with van der Waals surface area (Å²) in [5, 5.41) is 0. The van der Waals surface area contributed by atoms with Gasteiger partial charge in [-0.2, -0.15) is 0 Å². The Bertz CT molecular complexity index is 274. The molecule has 0 saturated carbocycles. The smallest absolute Gasteiger partial charge is 0.107 e. The summed E-state index contributed by atoms with van der Waals surface area (Å²) >= 11 is 0. The van der Waals surface area contributed by atoms with Gasteiger partial charge in [0, 0.05) is 21.1 Å². The summed E-state index contributed by atoms with van der Waals surface area (Å²) in [4.78, 5) is 0. The SMILES string of the molecule is COCC[N+]1(CCOC)CC=C(C)C=C1C. The molecule has 16 heavy (non-hydrogen) atoms. The van der Waals surface area contributed by atoms with E-state index in [0.717, 1.165) is 37.3 Å². The fourth-order valence-electron chi connectivity index (χ4n) is 2.17. The molecule has 1 aliphatic heterocycles. The molecule has 1 rings (SSSR count). The average molecular weight is 226 g/mol. The summed E-state index contributed by atoms with van der Waals surface area (Å²) in [6.07, 6.45) is 4.58. The Kier molecular flexibility index (Phi) is 5.19. The summed E-state index contributed by atoms with van der Waals surface area (Å²) < 4.78 is 11.4. The van der Waals surface area contributed by atoms with E-state index in [1.54, 1.807) is 14.2 Å². The Balaban J connectivity index is 2.75. The number of ether oxygens (including phenoxy) is 2. The number of hydrogen-bond donors (Lipinski definition) is 0. The maximum Gasteiger partial charge on any atom is 0.107 e. The molecular formula is C13H24NO2+. The van der Waals surface area contributed by atoms with E-state index >= 15 is 0 Å². The van der Waals surface area contributed by atoms with Crippen LogP contribution in [0.2, 0.25) is 0 Å². The third-order valence-electron chi connectivity index (χ3n) is 3.39. The molecule has 0 aliphatic carbocycles. The number of rotatable bonds is 6. The van der Waals surface area contributed by atoms with Crippen molar-refractivity contribution in [1.29, 1.82) is 0 Å². The molecule has 0 atom stereocenters. The van der Waals surface area contributed by atoms with Crippen molar-refractivity contribution >= 4 is 0 Å². The number of methoxy groups -OCH3 is 2. The van der Waals surface area contributed by atoms with Crippen molar-refractivity contribution in [2.45, 2.75) is 13.8 Å². The molecule has 0 N–H and O–H groups in total. The van der Waals surface area contributed by atoms with E-state index in [-0.39, 0.29) is 0 Å². The van der Waals surface area contributed by atoms with Gasteiger partial charge in [-0.05, 0) is 24.6 Å². The first-order valence-electron chi connectivity index (χ1n) is 5.84. The van der Waals surface area contributed by atoms with Crippen molar-refractivity contribution in [3.05, 3.63) is 23.4 Å². The molecule has 92 valence electrons. The Hall–Kier alpha value is -0.640. The van der Waals surface area contributed by atoms with Crippen molar-refractivity contribution in [1.82, 2.24) is 0 Å². The monoisotopic (exact) mass is 226 g/mol. The van der Waals surface area contributed by atoms with Crippen LogP contribution < -0.4 is 0 Å². The minimum Gasteiger partial charge on any atom is -0.379 e. The normalized spacial score (nSPS) is 19.2. The largest absolute Gasteiger partial charge is 0.379 e. The molecule has 0 radical (unpaired) electrons. The summed E-state index contributed by atoms with van der Waals surface area (Å²) in [5.74, 6) is 0. The Labute approximate surface area is 98.9 Å². The van der Waals surface area contributed by atoms with E-state index in [9.17, 15) is 0 Å². The highest BCUT2D eigenvalue weighted by molar-refractivity contribution is 5.21. The van der Waals surface area contributed by atoms with E-state index in [2.05, 4.69) is 26.0 Å². The molecule has 3 heteroatoms. The van der Waals surface area contributed by atoms with Crippen LogP contribution >= 0.6 is 0 Å². The number of allylic oxidation sites excluding steroid dienone is 3. The van der Waals surface area contributed by atoms with Gasteiger partial charge in [-0.3, -0.25) is 4.48 Å². The van der Waals surface area contributed by atoms with Crippen LogP contribution in [-0.2, 0) is 9.47 Å². The minimum absolute atomic E-state index is 0.793. The maximum absolute atomic E-state index is 5.22. The third-order valence-corrected chi connectivity index (χ3v) is 3.39. The third kappa shape index (κ3) is 3.17. The molecule has 0 spiro atoms. The first kappa shape index (κ1) is 13.4. The molecule has 1 heterocycles. The second-order valence-electron chi connectivity index (χ2n) is 4.49. The van der Waals surface area contributed by atoms with E-state index in [1.165, 1.54) is 11.3 Å². The zero-order valence-corrected chi connectivity index (χ0v) is 11.0. The molecule has 0 aromatic carbocycles. The van der Waals surface area contributed by atoms with Crippen LogP contribution in [0.4, 0.5) is 0 Å². The predicted octanol–water partition coefficient (Wildman–Crippen LogP) is 1.96. The lowest BCUT2D eigenvalue weighted by Crippen LogP contribution is -2.51. The first-order valence-corrected chi connectivity index (χ1v) is 5.84. The lowest BCUT2D eigenvalue weighted by atomic mass is 10.1. The van der Waals surface area contributed by atoms with E-state index < -0.39 is 0 Å². The van der Waals surface area contributed by atoms with Gasteiger partial charge in [0.05, 0.1) is 13.2 Å². The van der Waals surface area contributed by atoms with Gasteiger partial charge in [-0.25, -0.2) is 0 Å². The van der Waals surface area contributed by atoms with Crippen molar-refractivity contribution in [3.63, 3.8) is 0 Å². The first-order chi connectivity index (χ1) is 7.64. The molecular weight excluding hydrogens is 202 g/mol. The molecule has 0 aromatic rings. The fourth-order valence-corrected chi connectivity index (χ4v) is 2.17. The minimum atomic E-state index is 0.793. The summed E-state index contributed by atoms with van der Waals surface area (Å²) in [7, 11) is 3.52. The standard InChI is InChI=1S/C13H24NO2/c1-12-5-6-14(7-9-15-3,8-10-16-4)13(2)11-12/h5,11H,6-10H2,1-4H3/q+1. The predicted molar refractivity (Wildman–Crippen MR) is 66.1 cm³/mol. The molecule has 3 nitrogen and oxygen atoms in total. The van der Waals surface area contributed by atoms with Gasteiger partial charge < -0.3 is 9.47 Å². The molecule has 1 aliphatic rings. The van der Waals surface area contributed by atoms with Crippen molar-refractivity contribution < 1.29 is 14.0 Å². The van der Waals surface area contributed by atoms with Crippen molar-refractivity contribution in [3.8, 4) is 0 Å². The summed E-state index contributed by atoms with van der Waals surface area (Å²) in [6.45, 7) is 9.05. The highest BCUT2D eigenvalue weighted by Crippen LogP contribution is 2.23. The molecule has 0 unspecified atom stereocenters. The van der Waals surface area contributed by atoms with Gasteiger partial charge in [0.25, 0.3) is 0 Å². The Morgan fingerprint density at radius 2 is 1.69 bits per heavy atom. The van der Waals surface area contributed by atoms with Gasteiger partial charge in [-0.1, -0.05) is 0 Å². The summed E-state index contributed by atoms with van der Waals surface area (Å²) in [5.41, 5.74) is 2.77. The van der Waals surface area contributed by atoms with Crippen LogP contribution in [0.25, 0.3) is 0 Å². The quantitative estimate of drug-likeness (QED) is 0.645. The fraction of sp³-hybridized carbons (Fsp3) is 0.692. The second-order valence-corrected chi connectivity index (χ2v) is 4.49. The Morgan fingerprint density at radius 3 is 2.12 bits per heavy atom. The average Bonchev–Trinajstić information content (AvgIpc) is 2.27. The van der Waals surface area contributed by atoms with Gasteiger partial charge in [0.1, 0.15) is 25.3 Å². The molecule has 0 aromatic heterocycles. The van der Waals surface area contributed by atoms with Crippen LogP contribution in [0.1, 0.15) is 13.8 Å². The summed E-state index contributed by atoms with van der Waals surface area (Å²) in [6, 6.07) is 0. The second kappa shape index (κ2) is 6.18. The molecule has 0 bridgehead atoms. The van der Waals surface area contributed by atoms with Crippen molar-refractivity contribution in [2.75, 3.05) is 47.1 Å². The zero-order chi connectivity index (χ0) is 12.0. The lowest BCUT2D eigenvalue weighted by Gasteiger charge is -2.39. The maximum atomic E-state index is 5.22. The topological polar surface area (TPSA) is 18.5 Å². The van der Waals surface area contributed by atoms with Gasteiger partial charge in [0.2, 0.25) is 0 Å². The number of hydrogen-bond acceptors (Lipinski definition) is 2. The van der Waals surface area contributed by atoms with E-state index in [1.807, 2.05) is 0 Å².